The Bertz CT molecular complexity index is 479. The summed E-state index contributed by atoms with van der Waals surface area (Å²) in [6, 6.07) is 4.67. The molecule has 2 atom stereocenters. The average molecular weight is 337 g/mol. The fourth-order valence-corrected chi connectivity index (χ4v) is 4.81. The normalized spacial score (nSPS) is 23.3. The monoisotopic (exact) mass is 336 g/mol. The molecule has 1 saturated carbocycles. The Hall–Kier alpha value is -0.910. The second-order valence-electron chi connectivity index (χ2n) is 6.74. The summed E-state index contributed by atoms with van der Waals surface area (Å²) in [6.45, 7) is 5.59. The molecule has 1 aliphatic heterocycles. The van der Waals surface area contributed by atoms with Crippen molar-refractivity contribution in [2.24, 2.45) is 5.92 Å². The molecular formula is C18H28N2O2S. The van der Waals surface area contributed by atoms with Crippen molar-refractivity contribution < 1.29 is 9.53 Å². The number of ether oxygens (including phenoxy) is 1. The van der Waals surface area contributed by atoms with Gasteiger partial charge >= 0.3 is 0 Å². The number of thiophene rings is 1. The second kappa shape index (κ2) is 8.27. The smallest absolute Gasteiger partial charge is 0.223 e. The Kier molecular flexibility index (Phi) is 6.08. The van der Waals surface area contributed by atoms with Gasteiger partial charge in [-0.2, -0.15) is 0 Å². The van der Waals surface area contributed by atoms with Gasteiger partial charge in [-0.25, -0.2) is 0 Å². The summed E-state index contributed by atoms with van der Waals surface area (Å²) in [4.78, 5) is 16.4. The molecule has 0 bridgehead atoms. The van der Waals surface area contributed by atoms with Crippen LogP contribution < -0.4 is 5.32 Å². The second-order valence-corrected chi connectivity index (χ2v) is 7.72. The Labute approximate surface area is 143 Å². The number of nitrogens with one attached hydrogen (secondary N) is 1. The molecule has 1 amide bonds. The first-order chi connectivity index (χ1) is 11.3. The molecule has 1 aromatic rings. The molecule has 1 saturated heterocycles. The molecule has 2 aliphatic rings. The summed E-state index contributed by atoms with van der Waals surface area (Å²) >= 11 is 1.78. The van der Waals surface area contributed by atoms with Gasteiger partial charge in [0, 0.05) is 29.9 Å². The first kappa shape index (κ1) is 16.9. The molecule has 0 radical (unpaired) electrons. The standard InChI is InChI=1S/C18H28N2O2S/c1-14(19-18(21)15-6-3-2-4-7-15)17(16-8-5-13-23-16)20-9-11-22-12-10-20/h5,8,13-15,17H,2-4,6-7,9-12H2,1H3,(H,19,21)/t14-,17+/m1/s1. The molecule has 1 N–H and O–H groups in total. The maximum atomic E-state index is 12.6. The topological polar surface area (TPSA) is 41.6 Å². The molecule has 0 unspecified atom stereocenters. The van der Waals surface area contributed by atoms with Gasteiger partial charge in [-0.15, -0.1) is 11.3 Å². The molecule has 3 rings (SSSR count). The van der Waals surface area contributed by atoms with E-state index in [2.05, 4.69) is 34.7 Å². The Balaban J connectivity index is 1.67. The third-order valence-electron chi connectivity index (χ3n) is 5.09. The number of carbonyl (C=O) groups is 1. The lowest BCUT2D eigenvalue weighted by Gasteiger charge is -2.38. The van der Waals surface area contributed by atoms with E-state index in [1.165, 1.54) is 24.1 Å². The van der Waals surface area contributed by atoms with Crippen LogP contribution in [0.4, 0.5) is 0 Å². The van der Waals surface area contributed by atoms with Crippen LogP contribution >= 0.6 is 11.3 Å². The summed E-state index contributed by atoms with van der Waals surface area (Å²) in [6.07, 6.45) is 5.79. The fraction of sp³-hybridized carbons (Fsp3) is 0.722. The molecule has 5 heteroatoms. The minimum Gasteiger partial charge on any atom is -0.379 e. The van der Waals surface area contributed by atoms with E-state index < -0.39 is 0 Å². The maximum absolute atomic E-state index is 12.6. The third-order valence-corrected chi connectivity index (χ3v) is 6.04. The van der Waals surface area contributed by atoms with Crippen molar-refractivity contribution in [3.63, 3.8) is 0 Å². The van der Waals surface area contributed by atoms with Crippen molar-refractivity contribution in [1.82, 2.24) is 10.2 Å². The molecule has 2 fully saturated rings. The van der Waals surface area contributed by atoms with Gasteiger partial charge in [-0.1, -0.05) is 25.3 Å². The number of hydrogen-bond acceptors (Lipinski definition) is 4. The van der Waals surface area contributed by atoms with Crippen molar-refractivity contribution in [3.8, 4) is 0 Å². The molecule has 1 aromatic heterocycles. The highest BCUT2D eigenvalue weighted by Gasteiger charge is 2.31. The Morgan fingerprint density at radius 2 is 2.04 bits per heavy atom. The van der Waals surface area contributed by atoms with Gasteiger partial charge in [0.25, 0.3) is 0 Å². The van der Waals surface area contributed by atoms with E-state index in [0.29, 0.717) is 0 Å². The molecule has 128 valence electrons. The lowest BCUT2D eigenvalue weighted by molar-refractivity contribution is -0.127. The highest BCUT2D eigenvalue weighted by molar-refractivity contribution is 7.10. The van der Waals surface area contributed by atoms with Crippen LogP contribution in [0.5, 0.6) is 0 Å². The zero-order valence-electron chi connectivity index (χ0n) is 14.0. The van der Waals surface area contributed by atoms with Crippen molar-refractivity contribution in [2.75, 3.05) is 26.3 Å². The zero-order chi connectivity index (χ0) is 16.1. The lowest BCUT2D eigenvalue weighted by Crippen LogP contribution is -2.49. The first-order valence-electron chi connectivity index (χ1n) is 8.91. The number of nitrogens with zero attached hydrogens (tertiary/aromatic N) is 1. The van der Waals surface area contributed by atoms with E-state index in [4.69, 9.17) is 4.74 Å². The molecule has 23 heavy (non-hydrogen) atoms. The van der Waals surface area contributed by atoms with Gasteiger partial charge in [0.15, 0.2) is 0 Å². The minimum atomic E-state index is 0.126. The number of hydrogen-bond donors (Lipinski definition) is 1. The molecule has 4 nitrogen and oxygen atoms in total. The van der Waals surface area contributed by atoms with Crippen LogP contribution in [0.1, 0.15) is 49.9 Å². The van der Waals surface area contributed by atoms with Crippen molar-refractivity contribution in [1.29, 1.82) is 0 Å². The van der Waals surface area contributed by atoms with Crippen LogP contribution in [0.2, 0.25) is 0 Å². The fourth-order valence-electron chi connectivity index (χ4n) is 3.84. The number of amides is 1. The van der Waals surface area contributed by atoms with Crippen LogP contribution in [-0.2, 0) is 9.53 Å². The van der Waals surface area contributed by atoms with Gasteiger partial charge in [0.2, 0.25) is 5.91 Å². The van der Waals surface area contributed by atoms with Crippen LogP contribution in [0.25, 0.3) is 0 Å². The predicted octanol–water partition coefficient (Wildman–Crippen LogP) is 3.21. The van der Waals surface area contributed by atoms with E-state index in [1.807, 2.05) is 0 Å². The zero-order valence-corrected chi connectivity index (χ0v) is 14.8. The molecule has 2 heterocycles. The van der Waals surface area contributed by atoms with Gasteiger partial charge in [0.05, 0.1) is 19.3 Å². The number of morpholine rings is 1. The molecule has 0 spiro atoms. The summed E-state index contributed by atoms with van der Waals surface area (Å²) < 4.78 is 5.50. The van der Waals surface area contributed by atoms with E-state index >= 15 is 0 Å². The molecule has 0 aromatic carbocycles. The van der Waals surface area contributed by atoms with Gasteiger partial charge in [-0.05, 0) is 31.2 Å². The average Bonchev–Trinajstić information content (AvgIpc) is 3.11. The van der Waals surface area contributed by atoms with Crippen LogP contribution in [0.3, 0.4) is 0 Å². The predicted molar refractivity (Wildman–Crippen MR) is 93.6 cm³/mol. The van der Waals surface area contributed by atoms with Crippen molar-refractivity contribution >= 4 is 17.2 Å². The largest absolute Gasteiger partial charge is 0.379 e. The quantitative estimate of drug-likeness (QED) is 0.898. The van der Waals surface area contributed by atoms with Gasteiger partial charge in [-0.3, -0.25) is 9.69 Å². The van der Waals surface area contributed by atoms with Crippen LogP contribution in [0, 0.1) is 5.92 Å². The maximum Gasteiger partial charge on any atom is 0.223 e. The first-order valence-corrected chi connectivity index (χ1v) is 9.79. The lowest BCUT2D eigenvalue weighted by atomic mass is 9.88. The molecular weight excluding hydrogens is 308 g/mol. The van der Waals surface area contributed by atoms with E-state index in [1.54, 1.807) is 11.3 Å². The number of rotatable bonds is 5. The molecule has 1 aliphatic carbocycles. The highest BCUT2D eigenvalue weighted by atomic mass is 32.1. The Morgan fingerprint density at radius 1 is 1.30 bits per heavy atom. The van der Waals surface area contributed by atoms with Crippen LogP contribution in [0.15, 0.2) is 17.5 Å². The third kappa shape index (κ3) is 4.34. The van der Waals surface area contributed by atoms with E-state index in [-0.39, 0.29) is 23.9 Å². The highest BCUT2D eigenvalue weighted by Crippen LogP contribution is 2.30. The van der Waals surface area contributed by atoms with Crippen molar-refractivity contribution in [2.45, 2.75) is 51.1 Å². The van der Waals surface area contributed by atoms with Gasteiger partial charge in [0.1, 0.15) is 0 Å². The van der Waals surface area contributed by atoms with E-state index in [0.717, 1.165) is 39.1 Å². The minimum absolute atomic E-state index is 0.126. The summed E-state index contributed by atoms with van der Waals surface area (Å²) in [5.74, 6) is 0.479. The number of carbonyl (C=O) groups excluding carboxylic acids is 1. The summed E-state index contributed by atoms with van der Waals surface area (Å²) in [5, 5.41) is 5.44. The summed E-state index contributed by atoms with van der Waals surface area (Å²) in [5.41, 5.74) is 0. The van der Waals surface area contributed by atoms with Gasteiger partial charge < -0.3 is 10.1 Å². The van der Waals surface area contributed by atoms with E-state index in [9.17, 15) is 4.79 Å². The summed E-state index contributed by atoms with van der Waals surface area (Å²) in [7, 11) is 0. The SMILES string of the molecule is C[C@@H](NC(=O)C1CCCCC1)[C@@H](c1cccs1)N1CCOCC1. The van der Waals surface area contributed by atoms with Crippen molar-refractivity contribution in [3.05, 3.63) is 22.4 Å². The Morgan fingerprint density at radius 3 is 2.70 bits per heavy atom. The van der Waals surface area contributed by atoms with Crippen LogP contribution in [-0.4, -0.2) is 43.2 Å².